The summed E-state index contributed by atoms with van der Waals surface area (Å²) in [5.41, 5.74) is 1.96. The van der Waals surface area contributed by atoms with Gasteiger partial charge in [-0.2, -0.15) is 0 Å². The summed E-state index contributed by atoms with van der Waals surface area (Å²) in [5, 5.41) is 6.10. The molecule has 2 aromatic rings. The number of amides is 2. The van der Waals surface area contributed by atoms with Gasteiger partial charge in [-0.15, -0.1) is 11.8 Å². The molecule has 2 aliphatic heterocycles. The van der Waals surface area contributed by atoms with Gasteiger partial charge in [0.05, 0.1) is 0 Å². The number of fused-ring (bicyclic) bond motifs is 2. The quantitative estimate of drug-likeness (QED) is 0.706. The summed E-state index contributed by atoms with van der Waals surface area (Å²) in [6.07, 6.45) is 6.31. The molecule has 2 atom stereocenters. The van der Waals surface area contributed by atoms with E-state index in [1.54, 1.807) is 11.8 Å². The highest BCUT2D eigenvalue weighted by atomic mass is 32.2. The lowest BCUT2D eigenvalue weighted by atomic mass is 9.96. The van der Waals surface area contributed by atoms with Gasteiger partial charge in [-0.3, -0.25) is 4.90 Å². The zero-order chi connectivity index (χ0) is 19.5. The molecule has 0 aromatic heterocycles. The van der Waals surface area contributed by atoms with Crippen molar-refractivity contribution in [2.24, 2.45) is 0 Å². The van der Waals surface area contributed by atoms with Crippen LogP contribution in [-0.4, -0.2) is 35.3 Å². The second-order valence-electron chi connectivity index (χ2n) is 7.68. The number of carbonyl (C=O) groups is 1. The van der Waals surface area contributed by atoms with Gasteiger partial charge >= 0.3 is 6.03 Å². The van der Waals surface area contributed by atoms with E-state index in [4.69, 9.17) is 0 Å². The Morgan fingerprint density at radius 1 is 1.07 bits per heavy atom. The fraction of sp³-hybridized carbons (Fsp3) is 0.409. The van der Waals surface area contributed by atoms with E-state index in [1.807, 2.05) is 42.7 Å². The normalized spacial score (nSPS) is 24.1. The molecule has 4 rings (SSSR count). The number of piperidine rings is 1. The second kappa shape index (κ2) is 8.53. The predicted octanol–water partition coefficient (Wildman–Crippen LogP) is 4.86. The number of nitrogens with one attached hydrogen (secondary N) is 2. The Morgan fingerprint density at radius 3 is 2.32 bits per heavy atom. The largest absolute Gasteiger partial charge is 0.335 e. The zero-order valence-corrected chi connectivity index (χ0v) is 16.8. The second-order valence-corrected chi connectivity index (χ2v) is 8.56. The van der Waals surface area contributed by atoms with Gasteiger partial charge < -0.3 is 10.6 Å². The molecule has 2 amide bonds. The number of urea groups is 1. The predicted molar refractivity (Wildman–Crippen MR) is 112 cm³/mol. The molecule has 2 saturated heterocycles. The molecule has 0 aliphatic carbocycles. The Bertz CT molecular complexity index is 798. The van der Waals surface area contributed by atoms with E-state index in [-0.39, 0.29) is 17.9 Å². The van der Waals surface area contributed by atoms with Crippen LogP contribution in [0.15, 0.2) is 53.4 Å². The van der Waals surface area contributed by atoms with Crippen LogP contribution in [0.4, 0.5) is 14.9 Å². The Labute approximate surface area is 169 Å². The Morgan fingerprint density at radius 2 is 1.71 bits per heavy atom. The van der Waals surface area contributed by atoms with Crippen molar-refractivity contribution in [3.8, 4) is 0 Å². The van der Waals surface area contributed by atoms with Crippen LogP contribution in [-0.2, 0) is 6.54 Å². The van der Waals surface area contributed by atoms with Gasteiger partial charge in [-0.05, 0) is 73.9 Å². The van der Waals surface area contributed by atoms with Gasteiger partial charge in [0, 0.05) is 35.3 Å². The molecule has 2 unspecified atom stereocenters. The summed E-state index contributed by atoms with van der Waals surface area (Å²) in [5.74, 6) is -0.191. The maximum atomic E-state index is 13.1. The molecule has 2 heterocycles. The minimum absolute atomic E-state index is 0.131. The Kier molecular flexibility index (Phi) is 5.87. The summed E-state index contributed by atoms with van der Waals surface area (Å²) in [6.45, 7) is 0.857. The molecular weight excluding hydrogens is 373 g/mol. The number of carbonyl (C=O) groups excluding carboxylic acids is 1. The zero-order valence-electron chi connectivity index (χ0n) is 16.0. The number of hydrogen-bond donors (Lipinski definition) is 2. The van der Waals surface area contributed by atoms with Crippen LogP contribution in [0, 0.1) is 5.82 Å². The standard InChI is InChI=1S/C22H26FN3OS/c1-28-21-10-6-17(7-11-21)24-22(27)25-18-12-19-8-9-20(13-18)26(19)14-15-2-4-16(23)5-3-15/h2-7,10-11,18-20H,8-9,12-14H2,1H3,(H2,24,25,27). The lowest BCUT2D eigenvalue weighted by Crippen LogP contribution is -2.50. The fourth-order valence-electron chi connectivity index (χ4n) is 4.48. The first-order chi connectivity index (χ1) is 13.6. The first-order valence-corrected chi connectivity index (χ1v) is 11.0. The molecule has 0 spiro atoms. The van der Waals surface area contributed by atoms with Crippen molar-refractivity contribution in [3.63, 3.8) is 0 Å². The van der Waals surface area contributed by atoms with Crippen molar-refractivity contribution < 1.29 is 9.18 Å². The van der Waals surface area contributed by atoms with Gasteiger partial charge in [0.1, 0.15) is 5.82 Å². The number of halogens is 1. The first kappa shape index (κ1) is 19.3. The van der Waals surface area contributed by atoms with Crippen molar-refractivity contribution >= 4 is 23.5 Å². The van der Waals surface area contributed by atoms with Crippen molar-refractivity contribution in [2.75, 3.05) is 11.6 Å². The fourth-order valence-corrected chi connectivity index (χ4v) is 4.89. The van der Waals surface area contributed by atoms with Crippen LogP contribution >= 0.6 is 11.8 Å². The maximum absolute atomic E-state index is 13.1. The molecular formula is C22H26FN3OS. The van der Waals surface area contributed by atoms with E-state index in [0.29, 0.717) is 12.1 Å². The van der Waals surface area contributed by atoms with Gasteiger partial charge in [0.15, 0.2) is 0 Å². The van der Waals surface area contributed by atoms with Gasteiger partial charge in [-0.25, -0.2) is 9.18 Å². The van der Waals surface area contributed by atoms with Crippen LogP contribution in [0.2, 0.25) is 0 Å². The topological polar surface area (TPSA) is 44.4 Å². The number of benzene rings is 2. The van der Waals surface area contributed by atoms with Crippen molar-refractivity contribution in [3.05, 3.63) is 59.9 Å². The number of nitrogens with zero attached hydrogens (tertiary/aromatic N) is 1. The van der Waals surface area contributed by atoms with E-state index in [1.165, 1.54) is 29.9 Å². The van der Waals surface area contributed by atoms with Crippen molar-refractivity contribution in [1.29, 1.82) is 0 Å². The molecule has 2 N–H and O–H groups in total. The first-order valence-electron chi connectivity index (χ1n) is 9.82. The molecule has 0 radical (unpaired) electrons. The lowest BCUT2D eigenvalue weighted by molar-refractivity contribution is 0.112. The molecule has 2 aliphatic rings. The summed E-state index contributed by atoms with van der Waals surface area (Å²) in [4.78, 5) is 16.1. The minimum Gasteiger partial charge on any atom is -0.335 e. The van der Waals surface area contributed by atoms with Gasteiger partial charge in [0.2, 0.25) is 0 Å². The van der Waals surface area contributed by atoms with Crippen LogP contribution in [0.1, 0.15) is 31.2 Å². The van der Waals surface area contributed by atoms with Crippen LogP contribution in [0.3, 0.4) is 0 Å². The number of anilines is 1. The smallest absolute Gasteiger partial charge is 0.319 e. The third kappa shape index (κ3) is 4.50. The van der Waals surface area contributed by atoms with Gasteiger partial charge in [-0.1, -0.05) is 12.1 Å². The van der Waals surface area contributed by atoms with Crippen LogP contribution in [0.25, 0.3) is 0 Å². The number of thioether (sulfide) groups is 1. The molecule has 6 heteroatoms. The Balaban J connectivity index is 1.31. The van der Waals surface area contributed by atoms with E-state index in [0.717, 1.165) is 30.6 Å². The molecule has 28 heavy (non-hydrogen) atoms. The molecule has 148 valence electrons. The minimum atomic E-state index is -0.191. The molecule has 2 fully saturated rings. The SMILES string of the molecule is CSc1ccc(NC(=O)NC2CC3CCC(C2)N3Cc2ccc(F)cc2)cc1. The van der Waals surface area contributed by atoms with E-state index < -0.39 is 0 Å². The van der Waals surface area contributed by atoms with Crippen molar-refractivity contribution in [2.45, 2.75) is 55.2 Å². The third-order valence-corrected chi connectivity index (χ3v) is 6.59. The van der Waals surface area contributed by atoms with E-state index in [9.17, 15) is 9.18 Å². The monoisotopic (exact) mass is 399 g/mol. The van der Waals surface area contributed by atoms with Crippen LogP contribution in [0.5, 0.6) is 0 Å². The molecule has 4 nitrogen and oxygen atoms in total. The van der Waals surface area contributed by atoms with Gasteiger partial charge in [0.25, 0.3) is 0 Å². The summed E-state index contributed by atoms with van der Waals surface area (Å²) in [7, 11) is 0. The third-order valence-electron chi connectivity index (χ3n) is 5.85. The number of hydrogen-bond acceptors (Lipinski definition) is 3. The summed E-state index contributed by atoms with van der Waals surface area (Å²) in [6, 6.07) is 15.7. The average Bonchev–Trinajstić information content (AvgIpc) is 2.92. The molecule has 0 saturated carbocycles. The number of rotatable bonds is 5. The average molecular weight is 400 g/mol. The summed E-state index contributed by atoms with van der Waals surface area (Å²) < 4.78 is 13.1. The summed E-state index contributed by atoms with van der Waals surface area (Å²) >= 11 is 1.68. The highest BCUT2D eigenvalue weighted by Gasteiger charge is 2.40. The highest BCUT2D eigenvalue weighted by molar-refractivity contribution is 7.98. The Hall–Kier alpha value is -2.05. The highest BCUT2D eigenvalue weighted by Crippen LogP contribution is 2.36. The maximum Gasteiger partial charge on any atom is 0.319 e. The van der Waals surface area contributed by atoms with E-state index >= 15 is 0 Å². The molecule has 2 aromatic carbocycles. The van der Waals surface area contributed by atoms with Crippen molar-refractivity contribution in [1.82, 2.24) is 10.2 Å². The lowest BCUT2D eigenvalue weighted by Gasteiger charge is -2.39. The molecule has 2 bridgehead atoms. The van der Waals surface area contributed by atoms with Crippen LogP contribution < -0.4 is 10.6 Å². The van der Waals surface area contributed by atoms with E-state index in [2.05, 4.69) is 15.5 Å².